The second-order valence-corrected chi connectivity index (χ2v) is 5.70. The Kier molecular flexibility index (Phi) is 4.42. The van der Waals surface area contributed by atoms with Crippen molar-refractivity contribution in [2.24, 2.45) is 5.16 Å². The van der Waals surface area contributed by atoms with E-state index in [4.69, 9.17) is 10.1 Å². The fourth-order valence-corrected chi connectivity index (χ4v) is 1.71. The van der Waals surface area contributed by atoms with E-state index in [0.717, 1.165) is 0 Å². The van der Waals surface area contributed by atoms with Gasteiger partial charge in [-0.15, -0.1) is 0 Å². The third kappa shape index (κ3) is 3.83. The highest BCUT2D eigenvalue weighted by atomic mass is 16.6. The predicted molar refractivity (Wildman–Crippen MR) is 83.5 cm³/mol. The molecule has 0 spiro atoms. The molecule has 0 saturated carbocycles. The molecule has 2 rings (SSSR count). The Morgan fingerprint density at radius 1 is 1.27 bits per heavy atom. The minimum absolute atomic E-state index is 0.0147. The lowest BCUT2D eigenvalue weighted by Crippen LogP contribution is -2.18. The van der Waals surface area contributed by atoms with Crippen molar-refractivity contribution in [1.82, 2.24) is 4.98 Å². The van der Waals surface area contributed by atoms with Crippen LogP contribution in [-0.4, -0.2) is 21.4 Å². The van der Waals surface area contributed by atoms with E-state index in [-0.39, 0.29) is 5.75 Å². The summed E-state index contributed by atoms with van der Waals surface area (Å²) in [4.78, 5) is 9.73. The molecule has 0 amide bonds. The number of hydrogen-bond acceptors (Lipinski definition) is 5. The first-order chi connectivity index (χ1) is 10.4. The van der Waals surface area contributed by atoms with Crippen molar-refractivity contribution < 1.29 is 9.94 Å². The number of hydrogen-bond donors (Lipinski definition) is 1. The van der Waals surface area contributed by atoms with E-state index >= 15 is 0 Å². The summed E-state index contributed by atoms with van der Waals surface area (Å²) in [6.07, 6.45) is 1.63. The van der Waals surface area contributed by atoms with Crippen molar-refractivity contribution in [3.8, 4) is 11.8 Å². The van der Waals surface area contributed by atoms with E-state index in [1.165, 1.54) is 6.07 Å². The van der Waals surface area contributed by atoms with E-state index in [0.29, 0.717) is 22.5 Å². The highest BCUT2D eigenvalue weighted by Crippen LogP contribution is 2.23. The number of nitrogens with zero attached hydrogens (tertiary/aromatic N) is 3. The van der Waals surface area contributed by atoms with Gasteiger partial charge in [0.25, 0.3) is 0 Å². The zero-order valence-electron chi connectivity index (χ0n) is 12.7. The SMILES string of the molecule is CC(C)(C)O/N=C(\c1ccccn1)c1cc(C#N)ccc1O. The third-order valence-electron chi connectivity index (χ3n) is 2.70. The van der Waals surface area contributed by atoms with Gasteiger partial charge in [0.15, 0.2) is 0 Å². The Labute approximate surface area is 129 Å². The molecule has 5 nitrogen and oxygen atoms in total. The minimum atomic E-state index is -0.484. The van der Waals surface area contributed by atoms with Crippen LogP contribution < -0.4 is 0 Å². The molecule has 0 aliphatic carbocycles. The van der Waals surface area contributed by atoms with Gasteiger partial charge in [0.2, 0.25) is 0 Å². The lowest BCUT2D eigenvalue weighted by atomic mass is 10.0. The first-order valence-corrected chi connectivity index (χ1v) is 6.82. The lowest BCUT2D eigenvalue weighted by molar-refractivity contribution is 0.00111. The van der Waals surface area contributed by atoms with Gasteiger partial charge in [0.05, 0.1) is 17.3 Å². The Morgan fingerprint density at radius 3 is 2.64 bits per heavy atom. The number of benzene rings is 1. The van der Waals surface area contributed by atoms with Gasteiger partial charge >= 0.3 is 0 Å². The van der Waals surface area contributed by atoms with E-state index in [2.05, 4.69) is 10.1 Å². The van der Waals surface area contributed by atoms with Crippen LogP contribution in [-0.2, 0) is 4.84 Å². The average Bonchev–Trinajstić information content (AvgIpc) is 2.49. The zero-order valence-corrected chi connectivity index (χ0v) is 12.7. The van der Waals surface area contributed by atoms with Gasteiger partial charge in [-0.3, -0.25) is 4.98 Å². The molecular formula is C17H17N3O2. The van der Waals surface area contributed by atoms with E-state index in [1.807, 2.05) is 32.9 Å². The van der Waals surface area contributed by atoms with Crippen molar-refractivity contribution in [3.05, 3.63) is 59.4 Å². The van der Waals surface area contributed by atoms with Gasteiger partial charge in [0, 0.05) is 11.8 Å². The summed E-state index contributed by atoms with van der Waals surface area (Å²) in [5.74, 6) is 0.0147. The van der Waals surface area contributed by atoms with Crippen LogP contribution in [0.2, 0.25) is 0 Å². The molecule has 0 aliphatic heterocycles. The van der Waals surface area contributed by atoms with Crippen molar-refractivity contribution in [3.63, 3.8) is 0 Å². The van der Waals surface area contributed by atoms with Gasteiger partial charge in [0.1, 0.15) is 17.1 Å². The van der Waals surface area contributed by atoms with Gasteiger partial charge in [-0.2, -0.15) is 5.26 Å². The zero-order chi connectivity index (χ0) is 16.2. The van der Waals surface area contributed by atoms with Gasteiger partial charge in [-0.05, 0) is 51.1 Å². The first-order valence-electron chi connectivity index (χ1n) is 6.82. The Balaban J connectivity index is 2.57. The molecule has 22 heavy (non-hydrogen) atoms. The molecule has 1 aromatic carbocycles. The van der Waals surface area contributed by atoms with Gasteiger partial charge in [-0.1, -0.05) is 11.2 Å². The normalized spacial score (nSPS) is 11.8. The largest absolute Gasteiger partial charge is 0.507 e. The summed E-state index contributed by atoms with van der Waals surface area (Å²) >= 11 is 0. The molecule has 0 unspecified atom stereocenters. The van der Waals surface area contributed by atoms with Crippen molar-refractivity contribution >= 4 is 5.71 Å². The molecule has 5 heteroatoms. The van der Waals surface area contributed by atoms with Crippen LogP contribution >= 0.6 is 0 Å². The van der Waals surface area contributed by atoms with Gasteiger partial charge < -0.3 is 9.94 Å². The number of phenolic OH excluding ortho intramolecular Hbond substituents is 1. The lowest BCUT2D eigenvalue weighted by Gasteiger charge is -2.17. The summed E-state index contributed by atoms with van der Waals surface area (Å²) in [6, 6.07) is 12.0. The second-order valence-electron chi connectivity index (χ2n) is 5.70. The Morgan fingerprint density at radius 2 is 2.05 bits per heavy atom. The molecule has 1 heterocycles. The molecule has 0 radical (unpaired) electrons. The fraction of sp³-hybridized carbons (Fsp3) is 0.235. The highest BCUT2D eigenvalue weighted by molar-refractivity contribution is 6.13. The number of rotatable bonds is 3. The topological polar surface area (TPSA) is 78.5 Å². The molecule has 0 fully saturated rings. The number of pyridine rings is 1. The van der Waals surface area contributed by atoms with Crippen LogP contribution in [0, 0.1) is 11.3 Å². The summed E-state index contributed by atoms with van der Waals surface area (Å²) in [5.41, 5.74) is 1.28. The molecule has 2 aromatic rings. The summed E-state index contributed by atoms with van der Waals surface area (Å²) in [6.45, 7) is 5.62. The third-order valence-corrected chi connectivity index (χ3v) is 2.70. The second kappa shape index (κ2) is 6.27. The van der Waals surface area contributed by atoms with E-state index < -0.39 is 5.60 Å². The summed E-state index contributed by atoms with van der Waals surface area (Å²) in [5, 5.41) is 23.3. The maximum absolute atomic E-state index is 10.1. The molecule has 0 saturated heterocycles. The Hall–Kier alpha value is -2.87. The predicted octanol–water partition coefficient (Wildman–Crippen LogP) is 3.23. The van der Waals surface area contributed by atoms with Crippen LogP contribution in [0.25, 0.3) is 0 Å². The molecule has 1 aromatic heterocycles. The van der Waals surface area contributed by atoms with E-state index in [9.17, 15) is 5.11 Å². The van der Waals surface area contributed by atoms with Crippen molar-refractivity contribution in [1.29, 1.82) is 5.26 Å². The van der Waals surface area contributed by atoms with Crippen molar-refractivity contribution in [2.75, 3.05) is 0 Å². The molecule has 0 aliphatic rings. The van der Waals surface area contributed by atoms with Crippen LogP contribution in [0.5, 0.6) is 5.75 Å². The molecule has 0 bridgehead atoms. The maximum atomic E-state index is 10.1. The summed E-state index contributed by atoms with van der Waals surface area (Å²) in [7, 11) is 0. The number of nitriles is 1. The number of phenols is 1. The van der Waals surface area contributed by atoms with Crippen LogP contribution in [0.4, 0.5) is 0 Å². The van der Waals surface area contributed by atoms with Crippen LogP contribution in [0.15, 0.2) is 47.8 Å². The highest BCUT2D eigenvalue weighted by Gasteiger charge is 2.17. The van der Waals surface area contributed by atoms with Crippen molar-refractivity contribution in [2.45, 2.75) is 26.4 Å². The molecule has 112 valence electrons. The quantitative estimate of drug-likeness (QED) is 0.696. The van der Waals surface area contributed by atoms with Gasteiger partial charge in [-0.25, -0.2) is 0 Å². The Bertz CT molecular complexity index is 726. The molecule has 0 atom stereocenters. The number of aromatic nitrogens is 1. The number of aromatic hydroxyl groups is 1. The monoisotopic (exact) mass is 295 g/mol. The fourth-order valence-electron chi connectivity index (χ4n) is 1.71. The first kappa shape index (κ1) is 15.5. The smallest absolute Gasteiger partial charge is 0.139 e. The number of oxime groups is 1. The van der Waals surface area contributed by atoms with E-state index in [1.54, 1.807) is 30.5 Å². The molecule has 1 N–H and O–H groups in total. The standard InChI is InChI=1S/C17H17N3O2/c1-17(2,3)22-20-16(14-6-4-5-9-19-14)13-10-12(11-18)7-8-15(13)21/h4-10,21H,1-3H3/b20-16-. The maximum Gasteiger partial charge on any atom is 0.139 e. The van der Waals surface area contributed by atoms with Crippen LogP contribution in [0.3, 0.4) is 0 Å². The van der Waals surface area contributed by atoms with Crippen LogP contribution in [0.1, 0.15) is 37.6 Å². The average molecular weight is 295 g/mol. The summed E-state index contributed by atoms with van der Waals surface area (Å²) < 4.78 is 0. The minimum Gasteiger partial charge on any atom is -0.507 e. The molecular weight excluding hydrogens is 278 g/mol.